The minimum atomic E-state index is -0.289. The number of amides is 1. The Morgan fingerprint density at radius 3 is 2.76 bits per heavy atom. The van der Waals surface area contributed by atoms with E-state index in [0.29, 0.717) is 0 Å². The Morgan fingerprint density at radius 1 is 1.19 bits per heavy atom. The van der Waals surface area contributed by atoms with Gasteiger partial charge in [-0.1, -0.05) is 30.3 Å². The van der Waals surface area contributed by atoms with Crippen molar-refractivity contribution in [1.29, 1.82) is 0 Å². The van der Waals surface area contributed by atoms with Gasteiger partial charge in [0.1, 0.15) is 5.76 Å². The van der Waals surface area contributed by atoms with Gasteiger partial charge in [0.2, 0.25) is 5.91 Å². The average Bonchev–Trinajstić information content (AvgIpc) is 3.20. The second kappa shape index (κ2) is 4.76. The van der Waals surface area contributed by atoms with Crippen molar-refractivity contribution in [2.75, 3.05) is 0 Å². The van der Waals surface area contributed by atoms with Crippen molar-refractivity contribution < 1.29 is 9.21 Å². The predicted molar refractivity (Wildman–Crippen MR) is 79.9 cm³/mol. The summed E-state index contributed by atoms with van der Waals surface area (Å²) < 4.78 is 5.50. The number of nitrogens with one attached hydrogen (secondary N) is 1. The summed E-state index contributed by atoms with van der Waals surface area (Å²) in [6.45, 7) is 0. The number of carbonyl (C=O) groups excluding carboxylic acids is 1. The number of benzene rings is 1. The van der Waals surface area contributed by atoms with Crippen LogP contribution in [0.1, 0.15) is 48.6 Å². The third-order valence-electron chi connectivity index (χ3n) is 4.87. The molecule has 4 rings (SSSR count). The van der Waals surface area contributed by atoms with Gasteiger partial charge in [0.25, 0.3) is 0 Å². The first kappa shape index (κ1) is 12.7. The number of carbonyl (C=O) groups is 1. The first-order chi connectivity index (χ1) is 10.3. The summed E-state index contributed by atoms with van der Waals surface area (Å²) in [7, 11) is 0. The Hall–Kier alpha value is -2.03. The third kappa shape index (κ3) is 2.08. The minimum Gasteiger partial charge on any atom is -0.469 e. The molecule has 2 aliphatic carbocycles. The van der Waals surface area contributed by atoms with Gasteiger partial charge in [0.15, 0.2) is 0 Å². The zero-order chi connectivity index (χ0) is 14.3. The molecule has 0 radical (unpaired) electrons. The van der Waals surface area contributed by atoms with Gasteiger partial charge in [0, 0.05) is 12.0 Å². The minimum absolute atomic E-state index is 0.112. The lowest BCUT2D eigenvalue weighted by Crippen LogP contribution is -2.38. The maximum atomic E-state index is 12.8. The number of rotatable bonds is 3. The molecule has 0 saturated heterocycles. The van der Waals surface area contributed by atoms with Gasteiger partial charge in [-0.15, -0.1) is 0 Å². The Kier molecular flexibility index (Phi) is 2.88. The normalized spacial score (nSPS) is 22.4. The second-order valence-electron chi connectivity index (χ2n) is 6.17. The summed E-state index contributed by atoms with van der Waals surface area (Å²) in [5.74, 6) is 1.21. The highest BCUT2D eigenvalue weighted by Gasteiger charge is 2.51. The Morgan fingerprint density at radius 2 is 2.00 bits per heavy atom. The SMILES string of the molecule is O=C(N[C@@H]1CCCc2occc21)C1(c2ccccc2)CC1. The zero-order valence-electron chi connectivity index (χ0n) is 12.0. The molecule has 21 heavy (non-hydrogen) atoms. The molecule has 0 spiro atoms. The molecule has 1 atom stereocenters. The first-order valence-electron chi connectivity index (χ1n) is 7.72. The van der Waals surface area contributed by atoms with Crippen LogP contribution in [0.15, 0.2) is 47.1 Å². The van der Waals surface area contributed by atoms with E-state index in [2.05, 4.69) is 17.4 Å². The Labute approximate surface area is 124 Å². The summed E-state index contributed by atoms with van der Waals surface area (Å²) in [6.07, 6.45) is 6.70. The van der Waals surface area contributed by atoms with Gasteiger partial charge in [-0.05, 0) is 37.3 Å². The molecular formula is C18H19NO2. The van der Waals surface area contributed by atoms with Crippen molar-refractivity contribution in [3.05, 3.63) is 59.5 Å². The van der Waals surface area contributed by atoms with Crippen LogP contribution in [0.5, 0.6) is 0 Å². The Balaban J connectivity index is 1.55. The fourth-order valence-electron chi connectivity index (χ4n) is 3.46. The lowest BCUT2D eigenvalue weighted by molar-refractivity contribution is -0.124. The lowest BCUT2D eigenvalue weighted by atomic mass is 9.90. The second-order valence-corrected chi connectivity index (χ2v) is 6.17. The molecule has 2 aromatic rings. The summed E-state index contributed by atoms with van der Waals surface area (Å²) in [5, 5.41) is 3.26. The standard InChI is InChI=1S/C18H19NO2/c20-17(18(10-11-18)13-5-2-1-3-6-13)19-15-7-4-8-16-14(15)9-12-21-16/h1-3,5-6,9,12,15H,4,7-8,10-11H2,(H,19,20)/t15-/m1/s1. The zero-order valence-corrected chi connectivity index (χ0v) is 12.0. The number of hydrogen-bond acceptors (Lipinski definition) is 2. The number of furan rings is 1. The monoisotopic (exact) mass is 281 g/mol. The molecule has 1 fully saturated rings. The molecule has 3 heteroatoms. The number of fused-ring (bicyclic) bond motifs is 1. The molecule has 1 saturated carbocycles. The van der Waals surface area contributed by atoms with Gasteiger partial charge >= 0.3 is 0 Å². The van der Waals surface area contributed by atoms with Crippen molar-refractivity contribution in [1.82, 2.24) is 5.32 Å². The molecule has 1 aromatic heterocycles. The first-order valence-corrected chi connectivity index (χ1v) is 7.72. The molecule has 0 bridgehead atoms. The van der Waals surface area contributed by atoms with E-state index in [-0.39, 0.29) is 17.4 Å². The van der Waals surface area contributed by atoms with Crippen molar-refractivity contribution >= 4 is 5.91 Å². The third-order valence-corrected chi connectivity index (χ3v) is 4.87. The van der Waals surface area contributed by atoms with Crippen LogP contribution in [0, 0.1) is 0 Å². The molecule has 1 heterocycles. The number of aryl methyl sites for hydroxylation is 1. The van der Waals surface area contributed by atoms with E-state index in [0.717, 1.165) is 43.4 Å². The highest BCUT2D eigenvalue weighted by molar-refractivity contribution is 5.91. The van der Waals surface area contributed by atoms with Crippen molar-refractivity contribution in [2.45, 2.75) is 43.6 Å². The average molecular weight is 281 g/mol. The topological polar surface area (TPSA) is 42.2 Å². The van der Waals surface area contributed by atoms with E-state index in [9.17, 15) is 4.79 Å². The molecular weight excluding hydrogens is 262 g/mol. The van der Waals surface area contributed by atoms with Crippen LogP contribution in [0.3, 0.4) is 0 Å². The van der Waals surface area contributed by atoms with Crippen molar-refractivity contribution in [2.24, 2.45) is 0 Å². The molecule has 0 unspecified atom stereocenters. The largest absolute Gasteiger partial charge is 0.469 e. The van der Waals surface area contributed by atoms with Crippen molar-refractivity contribution in [3.63, 3.8) is 0 Å². The van der Waals surface area contributed by atoms with Crippen molar-refractivity contribution in [3.8, 4) is 0 Å². The van der Waals surface area contributed by atoms with Gasteiger partial charge in [-0.25, -0.2) is 0 Å². The summed E-state index contributed by atoms with van der Waals surface area (Å²) in [6, 6.07) is 12.3. The molecule has 1 amide bonds. The molecule has 1 N–H and O–H groups in total. The van der Waals surface area contributed by atoms with E-state index in [1.165, 1.54) is 5.56 Å². The summed E-state index contributed by atoms with van der Waals surface area (Å²) in [5.41, 5.74) is 2.02. The van der Waals surface area contributed by atoms with Crippen LogP contribution in [-0.2, 0) is 16.6 Å². The van der Waals surface area contributed by atoms with Gasteiger partial charge in [-0.3, -0.25) is 4.79 Å². The molecule has 0 aliphatic heterocycles. The predicted octanol–water partition coefficient (Wildman–Crippen LogP) is 3.51. The van der Waals surface area contributed by atoms with E-state index in [1.807, 2.05) is 24.3 Å². The highest BCUT2D eigenvalue weighted by Crippen LogP contribution is 2.49. The van der Waals surface area contributed by atoms with Crippen LogP contribution in [0.4, 0.5) is 0 Å². The van der Waals surface area contributed by atoms with E-state index >= 15 is 0 Å². The quantitative estimate of drug-likeness (QED) is 0.935. The van der Waals surface area contributed by atoms with Crippen LogP contribution in [0.2, 0.25) is 0 Å². The smallest absolute Gasteiger partial charge is 0.231 e. The maximum Gasteiger partial charge on any atom is 0.231 e. The highest BCUT2D eigenvalue weighted by atomic mass is 16.3. The van der Waals surface area contributed by atoms with E-state index in [4.69, 9.17) is 4.42 Å². The fraction of sp³-hybridized carbons (Fsp3) is 0.389. The summed E-state index contributed by atoms with van der Waals surface area (Å²) >= 11 is 0. The molecule has 2 aliphatic rings. The van der Waals surface area contributed by atoms with Crippen LogP contribution < -0.4 is 5.32 Å². The lowest BCUT2D eigenvalue weighted by Gasteiger charge is -2.25. The van der Waals surface area contributed by atoms with Crippen LogP contribution >= 0.6 is 0 Å². The van der Waals surface area contributed by atoms with Gasteiger partial charge in [0.05, 0.1) is 17.7 Å². The van der Waals surface area contributed by atoms with E-state index in [1.54, 1.807) is 6.26 Å². The number of hydrogen-bond donors (Lipinski definition) is 1. The maximum absolute atomic E-state index is 12.8. The summed E-state index contributed by atoms with van der Waals surface area (Å²) in [4.78, 5) is 12.8. The van der Waals surface area contributed by atoms with Gasteiger partial charge in [-0.2, -0.15) is 0 Å². The molecule has 3 nitrogen and oxygen atoms in total. The van der Waals surface area contributed by atoms with Crippen LogP contribution in [-0.4, -0.2) is 5.91 Å². The molecule has 1 aromatic carbocycles. The Bertz CT molecular complexity index is 655. The van der Waals surface area contributed by atoms with E-state index < -0.39 is 0 Å². The van der Waals surface area contributed by atoms with Crippen LogP contribution in [0.25, 0.3) is 0 Å². The fourth-order valence-corrected chi connectivity index (χ4v) is 3.46. The van der Waals surface area contributed by atoms with Gasteiger partial charge < -0.3 is 9.73 Å². The molecule has 108 valence electrons.